The van der Waals surface area contributed by atoms with E-state index in [2.05, 4.69) is 0 Å². The van der Waals surface area contributed by atoms with Gasteiger partial charge in [-0.25, -0.2) is 9.18 Å². The van der Waals surface area contributed by atoms with Gasteiger partial charge in [-0.05, 0) is 36.1 Å². The van der Waals surface area contributed by atoms with Crippen LogP contribution in [-0.4, -0.2) is 23.9 Å². The maximum Gasteiger partial charge on any atom is 0.355 e. The molecular weight excluding hydrogens is 279 g/mol. The number of carbonyl (C=O) groups is 3. The largest absolute Gasteiger partial charge is 0.424 e. The summed E-state index contributed by atoms with van der Waals surface area (Å²) in [7, 11) is 0. The smallest absolute Gasteiger partial charge is 0.355 e. The van der Waals surface area contributed by atoms with E-state index < -0.39 is 29.8 Å². The molecule has 0 fully saturated rings. The van der Waals surface area contributed by atoms with E-state index in [1.165, 1.54) is 12.1 Å². The molecule has 7 heteroatoms. The molecule has 0 saturated carbocycles. The van der Waals surface area contributed by atoms with Crippen molar-refractivity contribution >= 4 is 17.8 Å². The zero-order valence-corrected chi connectivity index (χ0v) is 10.6. The number of halogens is 1. The fraction of sp³-hybridized carbons (Fsp3) is 0.0714. The Morgan fingerprint density at radius 3 is 1.95 bits per heavy atom. The van der Waals surface area contributed by atoms with Gasteiger partial charge in [-0.1, -0.05) is 0 Å². The molecule has 0 unspecified atom stereocenters. The molecule has 0 bridgehead atoms. The molecule has 0 aliphatic carbocycles. The van der Waals surface area contributed by atoms with E-state index in [1.54, 1.807) is 11.8 Å². The van der Waals surface area contributed by atoms with Gasteiger partial charge in [-0.3, -0.25) is 9.59 Å². The summed E-state index contributed by atoms with van der Waals surface area (Å²) in [4.78, 5) is 34.0. The Morgan fingerprint density at radius 2 is 1.52 bits per heavy atom. The topological polar surface area (TPSA) is 84.5 Å². The van der Waals surface area contributed by atoms with Gasteiger partial charge in [0.15, 0.2) is 0 Å². The minimum absolute atomic E-state index is 0.0105. The monoisotopic (exact) mass is 288 g/mol. The Kier molecular flexibility index (Phi) is 5.48. The highest BCUT2D eigenvalue weighted by molar-refractivity contribution is 5.99. The minimum Gasteiger partial charge on any atom is -0.424 e. The lowest BCUT2D eigenvalue weighted by Gasteiger charge is -2.16. The van der Waals surface area contributed by atoms with Crippen molar-refractivity contribution in [3.05, 3.63) is 30.1 Å². The molecule has 6 nitrogen and oxygen atoms in total. The lowest BCUT2D eigenvalue weighted by Crippen LogP contribution is -2.53. The molecule has 0 saturated heterocycles. The first-order valence-corrected chi connectivity index (χ1v) is 5.47. The van der Waals surface area contributed by atoms with Gasteiger partial charge in [-0.15, -0.1) is 12.8 Å². The molecule has 0 aliphatic rings. The molecule has 0 heterocycles. The fourth-order valence-electron chi connectivity index (χ4n) is 1.18. The van der Waals surface area contributed by atoms with Crippen molar-refractivity contribution in [2.75, 3.05) is 0 Å². The second-order valence-electron chi connectivity index (χ2n) is 3.54. The van der Waals surface area contributed by atoms with Gasteiger partial charge in [0.1, 0.15) is 11.6 Å². The van der Waals surface area contributed by atoms with Crippen LogP contribution in [-0.2, 0) is 14.4 Å². The summed E-state index contributed by atoms with van der Waals surface area (Å²) >= 11 is 0. The maximum absolute atomic E-state index is 12.7. The Bertz CT molecular complexity index is 612. The van der Waals surface area contributed by atoms with Crippen molar-refractivity contribution in [1.82, 2.24) is 10.6 Å². The number of carbonyl (C=O) groups excluding carboxylic acids is 3. The molecule has 0 radical (unpaired) electrons. The fourth-order valence-corrected chi connectivity index (χ4v) is 1.18. The predicted octanol–water partition coefficient (Wildman–Crippen LogP) is -0.444. The molecule has 0 atom stereocenters. The lowest BCUT2D eigenvalue weighted by atomic mass is 10.3. The van der Waals surface area contributed by atoms with E-state index in [9.17, 15) is 18.8 Å². The number of benzene rings is 1. The highest BCUT2D eigenvalue weighted by Gasteiger charge is 2.23. The quantitative estimate of drug-likeness (QED) is 0.340. The minimum atomic E-state index is -1.57. The summed E-state index contributed by atoms with van der Waals surface area (Å²) < 4.78 is 17.6. The van der Waals surface area contributed by atoms with Crippen molar-refractivity contribution in [2.45, 2.75) is 6.17 Å². The maximum atomic E-state index is 12.7. The molecule has 0 spiro atoms. The Labute approximate surface area is 119 Å². The van der Waals surface area contributed by atoms with Crippen molar-refractivity contribution in [3.8, 4) is 30.4 Å². The molecular formula is C14H9FN2O4. The number of hydrogen-bond acceptors (Lipinski definition) is 4. The van der Waals surface area contributed by atoms with Crippen LogP contribution in [0.15, 0.2) is 24.3 Å². The first-order valence-electron chi connectivity index (χ1n) is 5.47. The van der Waals surface area contributed by atoms with Crippen LogP contribution in [0.3, 0.4) is 0 Å². The zero-order chi connectivity index (χ0) is 15.8. The Morgan fingerprint density at radius 1 is 1.05 bits per heavy atom. The summed E-state index contributed by atoms with van der Waals surface area (Å²) in [6, 6.07) is 4.52. The van der Waals surface area contributed by atoms with Gasteiger partial charge in [-0.2, -0.15) is 0 Å². The van der Waals surface area contributed by atoms with E-state index >= 15 is 0 Å². The first kappa shape index (κ1) is 15.7. The van der Waals surface area contributed by atoms with Crippen molar-refractivity contribution in [1.29, 1.82) is 0 Å². The highest BCUT2D eigenvalue weighted by Crippen LogP contribution is 2.11. The summed E-state index contributed by atoms with van der Waals surface area (Å²) in [6.07, 6.45) is 8.12. The number of rotatable bonds is 4. The lowest BCUT2D eigenvalue weighted by molar-refractivity contribution is -0.141. The summed E-state index contributed by atoms with van der Waals surface area (Å²) in [6.45, 7) is 0. The van der Waals surface area contributed by atoms with Gasteiger partial charge in [0, 0.05) is 0 Å². The Balaban J connectivity index is 2.81. The average Bonchev–Trinajstić information content (AvgIpc) is 2.48. The Hall–Kier alpha value is -3.32. The molecule has 2 amide bonds. The summed E-state index contributed by atoms with van der Waals surface area (Å²) in [5, 5.41) is 4.02. The van der Waals surface area contributed by atoms with Crippen LogP contribution < -0.4 is 15.4 Å². The predicted molar refractivity (Wildman–Crippen MR) is 69.8 cm³/mol. The first-order chi connectivity index (χ1) is 9.96. The molecule has 1 aromatic carbocycles. The molecule has 0 aliphatic heterocycles. The van der Waals surface area contributed by atoms with Gasteiger partial charge < -0.3 is 15.4 Å². The second kappa shape index (κ2) is 7.31. The second-order valence-corrected chi connectivity index (χ2v) is 3.54. The number of nitrogens with one attached hydrogen (secondary N) is 2. The van der Waals surface area contributed by atoms with Crippen LogP contribution in [0.2, 0.25) is 0 Å². The number of esters is 1. The van der Waals surface area contributed by atoms with Crippen LogP contribution in [0.4, 0.5) is 4.39 Å². The van der Waals surface area contributed by atoms with Gasteiger partial charge in [0.25, 0.3) is 11.8 Å². The van der Waals surface area contributed by atoms with Gasteiger partial charge >= 0.3 is 5.97 Å². The summed E-state index contributed by atoms with van der Waals surface area (Å²) in [5.41, 5.74) is 0. The van der Waals surface area contributed by atoms with E-state index in [1.807, 2.05) is 10.6 Å². The number of amides is 2. The van der Waals surface area contributed by atoms with E-state index in [4.69, 9.17) is 17.6 Å². The molecule has 106 valence electrons. The standard InChI is InChI=1S/C14H9FN2O4/c1-3-11(18)16-13(17-12(19)4-2)14(20)21-10-7-5-9(15)6-8-10/h1-2,5-8,13H,(H,16,18)(H,17,19). The van der Waals surface area contributed by atoms with Gasteiger partial charge in [0.05, 0.1) is 0 Å². The summed E-state index contributed by atoms with van der Waals surface area (Å²) in [5.74, 6) is -0.0537. The molecule has 1 aromatic rings. The SMILES string of the molecule is C#CC(=O)NC(NC(=O)C#C)C(=O)Oc1ccc(F)cc1. The van der Waals surface area contributed by atoms with Crippen LogP contribution in [0.5, 0.6) is 5.75 Å². The van der Waals surface area contributed by atoms with Crippen molar-refractivity contribution < 1.29 is 23.5 Å². The third-order valence-electron chi connectivity index (χ3n) is 2.08. The average molecular weight is 288 g/mol. The van der Waals surface area contributed by atoms with Gasteiger partial charge in [0.2, 0.25) is 6.17 Å². The van der Waals surface area contributed by atoms with E-state index in [0.717, 1.165) is 12.1 Å². The van der Waals surface area contributed by atoms with Crippen LogP contribution >= 0.6 is 0 Å². The highest BCUT2D eigenvalue weighted by atomic mass is 19.1. The third kappa shape index (κ3) is 5.05. The van der Waals surface area contributed by atoms with Crippen molar-refractivity contribution in [3.63, 3.8) is 0 Å². The van der Waals surface area contributed by atoms with Crippen LogP contribution in [0, 0.1) is 30.5 Å². The zero-order valence-electron chi connectivity index (χ0n) is 10.6. The number of hydrogen-bond donors (Lipinski definition) is 2. The van der Waals surface area contributed by atoms with Crippen molar-refractivity contribution in [2.24, 2.45) is 0 Å². The molecule has 2 N–H and O–H groups in total. The number of ether oxygens (including phenoxy) is 1. The van der Waals surface area contributed by atoms with Crippen LogP contribution in [0.25, 0.3) is 0 Å². The van der Waals surface area contributed by atoms with E-state index in [-0.39, 0.29) is 5.75 Å². The third-order valence-corrected chi connectivity index (χ3v) is 2.08. The normalized spacial score (nSPS) is 9.14. The van der Waals surface area contributed by atoms with E-state index in [0.29, 0.717) is 0 Å². The van der Waals surface area contributed by atoms with Crippen LogP contribution in [0.1, 0.15) is 0 Å². The molecule has 21 heavy (non-hydrogen) atoms. The molecule has 1 rings (SSSR count). The number of terminal acetylenes is 2. The molecule has 0 aromatic heterocycles.